The van der Waals surface area contributed by atoms with Gasteiger partial charge in [0.2, 0.25) is 5.91 Å². The predicted molar refractivity (Wildman–Crippen MR) is 114 cm³/mol. The van der Waals surface area contributed by atoms with E-state index in [4.69, 9.17) is 9.47 Å². The van der Waals surface area contributed by atoms with Crippen molar-refractivity contribution in [3.05, 3.63) is 59.7 Å². The first-order valence-electron chi connectivity index (χ1n) is 10.5. The van der Waals surface area contributed by atoms with Gasteiger partial charge in [0, 0.05) is 31.8 Å². The number of methoxy groups -OCH3 is 1. The molecule has 1 N–H and O–H groups in total. The fourth-order valence-corrected chi connectivity index (χ4v) is 3.71. The molecule has 1 saturated carbocycles. The van der Waals surface area contributed by atoms with Crippen molar-refractivity contribution in [2.24, 2.45) is 5.92 Å². The maximum Gasteiger partial charge on any atom is 0.246 e. The highest BCUT2D eigenvalue weighted by atomic mass is 16.5. The zero-order valence-corrected chi connectivity index (χ0v) is 17.3. The van der Waals surface area contributed by atoms with Crippen LogP contribution < -0.4 is 15.0 Å². The number of carbonyl (C=O) groups excluding carboxylic acids is 1. The second-order valence-electron chi connectivity index (χ2n) is 8.24. The Balaban J connectivity index is 1.26. The van der Waals surface area contributed by atoms with Gasteiger partial charge < -0.3 is 19.7 Å². The molecule has 4 rings (SSSR count). The lowest BCUT2D eigenvalue weighted by atomic mass is 9.90. The van der Waals surface area contributed by atoms with Crippen LogP contribution in [0.1, 0.15) is 42.9 Å². The van der Waals surface area contributed by atoms with Crippen LogP contribution in [-0.4, -0.2) is 39.3 Å². The van der Waals surface area contributed by atoms with Gasteiger partial charge in [-0.3, -0.25) is 4.79 Å². The lowest BCUT2D eigenvalue weighted by Gasteiger charge is -2.41. The molecule has 2 aromatic rings. The number of nitrogens with one attached hydrogen (secondary N) is 1. The number of benzene rings is 2. The number of carbonyl (C=O) groups is 1. The van der Waals surface area contributed by atoms with Gasteiger partial charge in [0.1, 0.15) is 12.4 Å². The molecule has 2 aromatic carbocycles. The quantitative estimate of drug-likeness (QED) is 0.701. The third-order valence-electron chi connectivity index (χ3n) is 5.83. The maximum atomic E-state index is 11.7. The molecule has 1 amide bonds. The van der Waals surface area contributed by atoms with Crippen molar-refractivity contribution in [2.45, 2.75) is 31.7 Å². The zero-order chi connectivity index (χ0) is 20.2. The van der Waals surface area contributed by atoms with Gasteiger partial charge in [0.25, 0.3) is 0 Å². The van der Waals surface area contributed by atoms with Crippen LogP contribution in [-0.2, 0) is 9.53 Å². The van der Waals surface area contributed by atoms with Crippen molar-refractivity contribution < 1.29 is 14.3 Å². The van der Waals surface area contributed by atoms with Crippen LogP contribution in [0.2, 0.25) is 0 Å². The lowest BCUT2D eigenvalue weighted by Crippen LogP contribution is -2.45. The summed E-state index contributed by atoms with van der Waals surface area (Å²) in [4.78, 5) is 14.1. The topological polar surface area (TPSA) is 50.8 Å². The molecule has 5 nitrogen and oxygen atoms in total. The fraction of sp³-hybridized carbons (Fsp3) is 0.458. The van der Waals surface area contributed by atoms with Crippen LogP contribution in [0.4, 0.5) is 5.69 Å². The van der Waals surface area contributed by atoms with Gasteiger partial charge >= 0.3 is 0 Å². The molecule has 2 aliphatic rings. The summed E-state index contributed by atoms with van der Waals surface area (Å²) in [6.07, 6.45) is 2.63. The molecule has 1 aliphatic carbocycles. The van der Waals surface area contributed by atoms with E-state index in [-0.39, 0.29) is 18.6 Å². The minimum Gasteiger partial charge on any atom is -0.493 e. The molecular formula is C24H30N2O3. The van der Waals surface area contributed by atoms with E-state index in [1.165, 1.54) is 31.2 Å². The Morgan fingerprint density at radius 1 is 1.10 bits per heavy atom. The molecule has 0 bridgehead atoms. The number of amides is 1. The van der Waals surface area contributed by atoms with Gasteiger partial charge in [-0.1, -0.05) is 24.3 Å². The van der Waals surface area contributed by atoms with Gasteiger partial charge in [-0.2, -0.15) is 0 Å². The Labute approximate surface area is 173 Å². The highest BCUT2D eigenvalue weighted by Crippen LogP contribution is 2.34. The van der Waals surface area contributed by atoms with Crippen LogP contribution in [0.5, 0.6) is 5.75 Å². The van der Waals surface area contributed by atoms with Crippen LogP contribution in [0.3, 0.4) is 0 Å². The minimum absolute atomic E-state index is 0.0229. The second-order valence-corrected chi connectivity index (χ2v) is 8.24. The van der Waals surface area contributed by atoms with Gasteiger partial charge in [0.05, 0.1) is 12.6 Å². The van der Waals surface area contributed by atoms with Crippen LogP contribution >= 0.6 is 0 Å². The van der Waals surface area contributed by atoms with Crippen molar-refractivity contribution >= 4 is 11.6 Å². The first-order chi connectivity index (χ1) is 14.1. The lowest BCUT2D eigenvalue weighted by molar-refractivity contribution is -0.125. The summed E-state index contributed by atoms with van der Waals surface area (Å²) in [5.41, 5.74) is 3.71. The molecule has 1 aliphatic heterocycles. The first-order valence-corrected chi connectivity index (χ1v) is 10.5. The summed E-state index contributed by atoms with van der Waals surface area (Å²) in [5, 5.41) is 2.94. The Bertz CT molecular complexity index is 809. The Morgan fingerprint density at radius 2 is 1.79 bits per heavy atom. The normalized spacial score (nSPS) is 17.5. The smallest absolute Gasteiger partial charge is 0.246 e. The summed E-state index contributed by atoms with van der Waals surface area (Å²) >= 11 is 0. The van der Waals surface area contributed by atoms with Gasteiger partial charge in [-0.05, 0) is 61.1 Å². The van der Waals surface area contributed by atoms with E-state index in [2.05, 4.69) is 58.7 Å². The first kappa shape index (κ1) is 19.8. The van der Waals surface area contributed by atoms with Gasteiger partial charge in [-0.25, -0.2) is 0 Å². The van der Waals surface area contributed by atoms with Crippen molar-refractivity contribution in [3.8, 4) is 5.75 Å². The van der Waals surface area contributed by atoms with Crippen molar-refractivity contribution in [3.63, 3.8) is 0 Å². The van der Waals surface area contributed by atoms with Crippen molar-refractivity contribution in [2.75, 3.05) is 38.3 Å². The third-order valence-corrected chi connectivity index (χ3v) is 5.83. The van der Waals surface area contributed by atoms with E-state index in [9.17, 15) is 4.79 Å². The molecule has 0 radical (unpaired) electrons. The molecule has 5 heteroatoms. The molecule has 154 valence electrons. The maximum absolute atomic E-state index is 11.7. The summed E-state index contributed by atoms with van der Waals surface area (Å²) in [6.45, 7) is 5.00. The molecule has 1 heterocycles. The fourth-order valence-electron chi connectivity index (χ4n) is 3.71. The van der Waals surface area contributed by atoms with Crippen LogP contribution in [0.15, 0.2) is 48.5 Å². The number of rotatable bonds is 9. The second kappa shape index (κ2) is 8.87. The molecule has 2 fully saturated rings. The Hall–Kier alpha value is -2.53. The van der Waals surface area contributed by atoms with Crippen molar-refractivity contribution in [1.82, 2.24) is 5.32 Å². The average molecular weight is 395 g/mol. The molecule has 0 unspecified atom stereocenters. The molecule has 0 spiro atoms. The van der Waals surface area contributed by atoms with E-state index in [1.807, 2.05) is 6.92 Å². The SMILES string of the molecule is COCC(=O)N[C@@H](C)c1ccc(C2CN(c3ccc(OCC4CC4)cc3)C2)cc1. The van der Waals surface area contributed by atoms with Crippen LogP contribution in [0.25, 0.3) is 0 Å². The summed E-state index contributed by atoms with van der Waals surface area (Å²) < 4.78 is 10.7. The summed E-state index contributed by atoms with van der Waals surface area (Å²) in [5.74, 6) is 2.21. The Morgan fingerprint density at radius 3 is 2.41 bits per heavy atom. The van der Waals surface area contributed by atoms with Crippen LogP contribution in [0, 0.1) is 5.92 Å². The Kier molecular flexibility index (Phi) is 6.05. The number of anilines is 1. The van der Waals surface area contributed by atoms with E-state index >= 15 is 0 Å². The standard InChI is InChI=1S/C24H30N2O3/c1-17(25-24(27)16-28-2)19-5-7-20(8-6-19)21-13-26(14-21)22-9-11-23(12-10-22)29-15-18-3-4-18/h5-12,17-18,21H,3-4,13-16H2,1-2H3,(H,25,27)/t17-/m0/s1. The van der Waals surface area contributed by atoms with Gasteiger partial charge in [-0.15, -0.1) is 0 Å². The summed E-state index contributed by atoms with van der Waals surface area (Å²) in [6, 6.07) is 17.1. The van der Waals surface area contributed by atoms with E-state index in [0.717, 1.165) is 36.9 Å². The molecule has 1 saturated heterocycles. The summed E-state index contributed by atoms with van der Waals surface area (Å²) in [7, 11) is 1.53. The minimum atomic E-state index is -0.0948. The monoisotopic (exact) mass is 394 g/mol. The largest absolute Gasteiger partial charge is 0.493 e. The van der Waals surface area contributed by atoms with E-state index in [1.54, 1.807) is 0 Å². The zero-order valence-electron chi connectivity index (χ0n) is 17.3. The number of nitrogens with zero attached hydrogens (tertiary/aromatic N) is 1. The molecule has 1 atom stereocenters. The van der Waals surface area contributed by atoms with Gasteiger partial charge in [0.15, 0.2) is 0 Å². The third kappa shape index (κ3) is 5.10. The van der Waals surface area contributed by atoms with E-state index in [0.29, 0.717) is 5.92 Å². The number of hydrogen-bond acceptors (Lipinski definition) is 4. The predicted octanol–water partition coefficient (Wildman–Crippen LogP) is 3.90. The van der Waals surface area contributed by atoms with E-state index < -0.39 is 0 Å². The average Bonchev–Trinajstić information content (AvgIpc) is 3.51. The molecule has 29 heavy (non-hydrogen) atoms. The number of hydrogen-bond donors (Lipinski definition) is 1. The highest BCUT2D eigenvalue weighted by Gasteiger charge is 2.28. The number of ether oxygens (including phenoxy) is 2. The van der Waals surface area contributed by atoms with Crippen molar-refractivity contribution in [1.29, 1.82) is 0 Å². The molecule has 0 aromatic heterocycles. The highest BCUT2D eigenvalue weighted by molar-refractivity contribution is 5.77. The molecular weight excluding hydrogens is 364 g/mol.